The minimum atomic E-state index is -4.46. The van der Waals surface area contributed by atoms with Crippen LogP contribution < -0.4 is 10.1 Å². The molecule has 0 spiro atoms. The number of piperazine rings is 1. The van der Waals surface area contributed by atoms with E-state index in [4.69, 9.17) is 4.74 Å². The van der Waals surface area contributed by atoms with Gasteiger partial charge in [0.25, 0.3) is 5.91 Å². The molecule has 0 radical (unpaired) electrons. The maximum absolute atomic E-state index is 14.5. The van der Waals surface area contributed by atoms with E-state index in [0.29, 0.717) is 37.3 Å². The molecular formula is C38H42F3N3O3. The third kappa shape index (κ3) is 7.40. The SMILES string of the molecule is CC(=O)N1C[C@H]2CC(c3ccc(CCOc4cc(C)cc(C)c4C)cc3)=C(C(=O)N(Cc3cccc(C(F)(F)F)c3)C3CC3)[C@@H](C1)N2. The Morgan fingerprint density at radius 2 is 1.72 bits per heavy atom. The molecule has 1 saturated carbocycles. The van der Waals surface area contributed by atoms with Gasteiger partial charge in [-0.05, 0) is 97.2 Å². The fourth-order valence-electron chi connectivity index (χ4n) is 6.88. The van der Waals surface area contributed by atoms with E-state index < -0.39 is 11.7 Å². The molecule has 2 atom stereocenters. The molecule has 3 aromatic rings. The second-order valence-corrected chi connectivity index (χ2v) is 13.3. The molecule has 1 saturated heterocycles. The summed E-state index contributed by atoms with van der Waals surface area (Å²) in [4.78, 5) is 30.5. The minimum Gasteiger partial charge on any atom is -0.493 e. The third-order valence-electron chi connectivity index (χ3n) is 9.65. The number of carbonyl (C=O) groups is 2. The van der Waals surface area contributed by atoms with E-state index in [1.165, 1.54) is 17.2 Å². The summed E-state index contributed by atoms with van der Waals surface area (Å²) >= 11 is 0. The Morgan fingerprint density at radius 3 is 2.40 bits per heavy atom. The van der Waals surface area contributed by atoms with Gasteiger partial charge in [-0.2, -0.15) is 13.2 Å². The summed E-state index contributed by atoms with van der Waals surface area (Å²) in [5.74, 6) is 0.684. The van der Waals surface area contributed by atoms with Crippen LogP contribution >= 0.6 is 0 Å². The molecule has 6 rings (SSSR count). The Kier molecular flexibility index (Phi) is 9.20. The number of rotatable bonds is 9. The number of halogens is 3. The first-order valence-electron chi connectivity index (χ1n) is 16.4. The van der Waals surface area contributed by atoms with Crippen molar-refractivity contribution in [1.82, 2.24) is 15.1 Å². The molecule has 2 heterocycles. The first kappa shape index (κ1) is 32.8. The van der Waals surface area contributed by atoms with Crippen LogP contribution in [0.1, 0.15) is 65.1 Å². The van der Waals surface area contributed by atoms with E-state index >= 15 is 0 Å². The van der Waals surface area contributed by atoms with Crippen LogP contribution in [-0.2, 0) is 28.7 Å². The predicted octanol–water partition coefficient (Wildman–Crippen LogP) is 6.79. The van der Waals surface area contributed by atoms with Gasteiger partial charge in [-0.3, -0.25) is 9.59 Å². The molecule has 1 N–H and O–H groups in total. The molecule has 3 aliphatic rings. The monoisotopic (exact) mass is 645 g/mol. The first-order valence-corrected chi connectivity index (χ1v) is 16.4. The minimum absolute atomic E-state index is 0.00357. The van der Waals surface area contributed by atoms with Crippen LogP contribution in [0.3, 0.4) is 0 Å². The van der Waals surface area contributed by atoms with Gasteiger partial charge in [-0.1, -0.05) is 42.5 Å². The summed E-state index contributed by atoms with van der Waals surface area (Å²) < 4.78 is 46.6. The van der Waals surface area contributed by atoms with E-state index in [1.807, 2.05) is 0 Å². The largest absolute Gasteiger partial charge is 0.493 e. The highest BCUT2D eigenvalue weighted by atomic mass is 19.4. The molecule has 2 amide bonds. The molecular weight excluding hydrogens is 603 g/mol. The normalized spacial score (nSPS) is 19.5. The highest BCUT2D eigenvalue weighted by molar-refractivity contribution is 6.03. The molecule has 3 aromatic carbocycles. The van der Waals surface area contributed by atoms with Crippen molar-refractivity contribution in [1.29, 1.82) is 0 Å². The summed E-state index contributed by atoms with van der Waals surface area (Å²) in [5, 5.41) is 3.58. The van der Waals surface area contributed by atoms with Crippen LogP contribution in [-0.4, -0.2) is 59.4 Å². The maximum Gasteiger partial charge on any atom is 0.416 e. The molecule has 248 valence electrons. The van der Waals surface area contributed by atoms with E-state index in [2.05, 4.69) is 62.5 Å². The van der Waals surface area contributed by atoms with Crippen molar-refractivity contribution in [3.63, 3.8) is 0 Å². The summed E-state index contributed by atoms with van der Waals surface area (Å²) in [6.45, 7) is 9.32. The van der Waals surface area contributed by atoms with Crippen molar-refractivity contribution in [2.45, 2.75) is 84.2 Å². The van der Waals surface area contributed by atoms with Gasteiger partial charge in [0.05, 0.1) is 18.2 Å². The van der Waals surface area contributed by atoms with Crippen molar-refractivity contribution in [2.24, 2.45) is 0 Å². The van der Waals surface area contributed by atoms with Gasteiger partial charge in [-0.25, -0.2) is 0 Å². The summed E-state index contributed by atoms with van der Waals surface area (Å²) in [7, 11) is 0. The van der Waals surface area contributed by atoms with Crippen LogP contribution in [0.15, 0.2) is 66.2 Å². The number of alkyl halides is 3. The quantitative estimate of drug-likeness (QED) is 0.279. The van der Waals surface area contributed by atoms with Crippen LogP contribution in [0.25, 0.3) is 5.57 Å². The van der Waals surface area contributed by atoms with Crippen molar-refractivity contribution in [3.05, 3.63) is 105 Å². The molecule has 47 heavy (non-hydrogen) atoms. The van der Waals surface area contributed by atoms with E-state index in [-0.39, 0.29) is 36.5 Å². The molecule has 2 fully saturated rings. The zero-order valence-electron chi connectivity index (χ0n) is 27.4. The van der Waals surface area contributed by atoms with Gasteiger partial charge in [-0.15, -0.1) is 0 Å². The highest BCUT2D eigenvalue weighted by Gasteiger charge is 2.43. The highest BCUT2D eigenvalue weighted by Crippen LogP contribution is 2.38. The average Bonchev–Trinajstić information content (AvgIpc) is 3.87. The summed E-state index contributed by atoms with van der Waals surface area (Å²) in [5.41, 5.74) is 6.84. The van der Waals surface area contributed by atoms with Crippen molar-refractivity contribution >= 4 is 17.4 Å². The zero-order chi connectivity index (χ0) is 33.5. The van der Waals surface area contributed by atoms with Gasteiger partial charge in [0.15, 0.2) is 0 Å². The van der Waals surface area contributed by atoms with E-state index in [0.717, 1.165) is 59.4 Å². The fraction of sp³-hybridized carbons (Fsp3) is 0.421. The lowest BCUT2D eigenvalue weighted by Crippen LogP contribution is -2.61. The lowest BCUT2D eigenvalue weighted by molar-refractivity contribution is -0.137. The third-order valence-corrected chi connectivity index (χ3v) is 9.65. The number of hydrogen-bond donors (Lipinski definition) is 1. The van der Waals surface area contributed by atoms with Gasteiger partial charge in [0, 0.05) is 50.6 Å². The molecule has 9 heteroatoms. The smallest absolute Gasteiger partial charge is 0.416 e. The number of ether oxygens (including phenoxy) is 1. The Bertz CT molecular complexity index is 1690. The Morgan fingerprint density at radius 1 is 0.979 bits per heavy atom. The number of carbonyl (C=O) groups excluding carboxylic acids is 2. The number of fused-ring (bicyclic) bond motifs is 2. The van der Waals surface area contributed by atoms with Gasteiger partial charge < -0.3 is 19.9 Å². The fourth-order valence-corrected chi connectivity index (χ4v) is 6.88. The van der Waals surface area contributed by atoms with Crippen molar-refractivity contribution in [3.8, 4) is 5.75 Å². The Labute approximate surface area is 274 Å². The standard InChI is InChI=1S/C38H42F3N3O3/c1-23-16-24(2)25(3)35(17-23)47-15-14-27-8-10-29(11-9-27)33-19-31-21-43(26(4)45)22-34(42-31)36(33)37(46)44(32-12-13-32)20-28-6-5-7-30(18-28)38(39,40)41/h5-11,16-18,31-32,34,42H,12-15,19-22H2,1-4H3/t31-,34-/m1/s1. The van der Waals surface area contributed by atoms with Crippen LogP contribution in [0, 0.1) is 20.8 Å². The van der Waals surface area contributed by atoms with Crippen molar-refractivity contribution < 1.29 is 27.5 Å². The van der Waals surface area contributed by atoms with Crippen LogP contribution in [0.4, 0.5) is 13.2 Å². The molecule has 2 bridgehead atoms. The van der Waals surface area contributed by atoms with Gasteiger partial charge in [0.2, 0.25) is 5.91 Å². The number of nitrogens with one attached hydrogen (secondary N) is 1. The first-order chi connectivity index (χ1) is 22.4. The molecule has 0 unspecified atom stereocenters. The lowest BCUT2D eigenvalue weighted by Gasteiger charge is -2.44. The summed E-state index contributed by atoms with van der Waals surface area (Å²) in [6.07, 6.45) is -1.54. The molecule has 0 aromatic heterocycles. The Hall–Kier alpha value is -4.11. The number of amides is 2. The van der Waals surface area contributed by atoms with E-state index in [1.54, 1.807) is 22.8 Å². The topological polar surface area (TPSA) is 61.9 Å². The lowest BCUT2D eigenvalue weighted by atomic mass is 9.82. The van der Waals surface area contributed by atoms with E-state index in [9.17, 15) is 22.8 Å². The Balaban J connectivity index is 1.27. The van der Waals surface area contributed by atoms with Crippen LogP contribution in [0.5, 0.6) is 5.75 Å². The van der Waals surface area contributed by atoms with Gasteiger partial charge >= 0.3 is 6.18 Å². The molecule has 6 nitrogen and oxygen atoms in total. The van der Waals surface area contributed by atoms with Crippen LogP contribution in [0.2, 0.25) is 0 Å². The van der Waals surface area contributed by atoms with Gasteiger partial charge in [0.1, 0.15) is 5.75 Å². The number of aryl methyl sites for hydroxylation is 2. The molecule has 2 aliphatic heterocycles. The number of nitrogens with zero attached hydrogens (tertiary/aromatic N) is 2. The predicted molar refractivity (Wildman–Crippen MR) is 176 cm³/mol. The number of hydrogen-bond acceptors (Lipinski definition) is 4. The second kappa shape index (κ2) is 13.2. The second-order valence-electron chi connectivity index (χ2n) is 13.3. The maximum atomic E-state index is 14.5. The average molecular weight is 646 g/mol. The summed E-state index contributed by atoms with van der Waals surface area (Å²) in [6, 6.07) is 17.3. The molecule has 1 aliphatic carbocycles. The van der Waals surface area contributed by atoms with Crippen molar-refractivity contribution in [2.75, 3.05) is 19.7 Å². The zero-order valence-corrected chi connectivity index (χ0v) is 27.4. The number of benzene rings is 3.